The van der Waals surface area contributed by atoms with E-state index in [4.69, 9.17) is 4.42 Å². The molecule has 18 heavy (non-hydrogen) atoms. The van der Waals surface area contributed by atoms with Crippen LogP contribution in [0.1, 0.15) is 0 Å². The van der Waals surface area contributed by atoms with Crippen molar-refractivity contribution in [1.29, 1.82) is 0 Å². The van der Waals surface area contributed by atoms with Gasteiger partial charge in [-0.2, -0.15) is 5.10 Å². The van der Waals surface area contributed by atoms with Crippen molar-refractivity contribution in [3.63, 3.8) is 0 Å². The molecule has 0 aliphatic carbocycles. The first kappa shape index (κ1) is 11.2. The Hall–Kier alpha value is -1.88. The van der Waals surface area contributed by atoms with Crippen molar-refractivity contribution in [1.82, 2.24) is 14.8 Å². The van der Waals surface area contributed by atoms with Crippen LogP contribution >= 0.6 is 15.9 Å². The molecule has 3 rings (SSSR count). The van der Waals surface area contributed by atoms with E-state index < -0.39 is 0 Å². The van der Waals surface area contributed by atoms with Crippen LogP contribution in [0.15, 0.2) is 51.8 Å². The maximum atomic E-state index is 5.25. The van der Waals surface area contributed by atoms with Crippen molar-refractivity contribution in [3.05, 3.63) is 47.4 Å². The molecular weight excluding hydrogens is 294 g/mol. The molecule has 0 unspecified atom stereocenters. The average molecular weight is 304 g/mol. The third-order valence-electron chi connectivity index (χ3n) is 2.70. The molecule has 0 radical (unpaired) electrons. The molecular formula is C13H10BrN3O. The Morgan fingerprint density at radius 2 is 2.00 bits per heavy atom. The largest absolute Gasteiger partial charge is 0.442 e. The van der Waals surface area contributed by atoms with E-state index in [2.05, 4.69) is 26.0 Å². The normalized spacial score (nSPS) is 10.8. The zero-order valence-electron chi connectivity index (χ0n) is 9.67. The van der Waals surface area contributed by atoms with Crippen molar-refractivity contribution in [2.75, 3.05) is 0 Å². The first-order chi connectivity index (χ1) is 8.74. The van der Waals surface area contributed by atoms with Gasteiger partial charge in [0.05, 0.1) is 11.9 Å². The summed E-state index contributed by atoms with van der Waals surface area (Å²) in [6, 6.07) is 10.1. The fourth-order valence-corrected chi connectivity index (χ4v) is 2.09. The maximum Gasteiger partial charge on any atom is 0.181 e. The molecule has 1 aromatic carbocycles. The molecule has 5 heteroatoms. The fourth-order valence-electron chi connectivity index (χ4n) is 1.82. The number of halogens is 1. The summed E-state index contributed by atoms with van der Waals surface area (Å²) in [5.74, 6) is 0.675. The van der Waals surface area contributed by atoms with Crippen LogP contribution < -0.4 is 0 Å². The van der Waals surface area contributed by atoms with E-state index in [1.165, 1.54) is 6.39 Å². The third-order valence-corrected chi connectivity index (χ3v) is 3.23. The Kier molecular flexibility index (Phi) is 2.76. The minimum absolute atomic E-state index is 0.675. The smallest absolute Gasteiger partial charge is 0.181 e. The Labute approximate surface area is 112 Å². The van der Waals surface area contributed by atoms with E-state index in [0.717, 1.165) is 21.4 Å². The van der Waals surface area contributed by atoms with E-state index in [1.807, 2.05) is 42.1 Å². The summed E-state index contributed by atoms with van der Waals surface area (Å²) < 4.78 is 8.14. The van der Waals surface area contributed by atoms with Crippen LogP contribution in [0.25, 0.3) is 22.7 Å². The highest BCUT2D eigenvalue weighted by Gasteiger charge is 2.11. The molecule has 0 atom stereocenters. The average Bonchev–Trinajstić information content (AvgIpc) is 2.99. The topological polar surface area (TPSA) is 43.9 Å². The first-order valence-electron chi connectivity index (χ1n) is 5.43. The van der Waals surface area contributed by atoms with E-state index >= 15 is 0 Å². The molecule has 0 saturated carbocycles. The molecule has 0 bridgehead atoms. The molecule has 0 aliphatic rings. The van der Waals surface area contributed by atoms with Gasteiger partial charge in [-0.15, -0.1) is 0 Å². The summed E-state index contributed by atoms with van der Waals surface area (Å²) >= 11 is 3.43. The van der Waals surface area contributed by atoms with Crippen LogP contribution in [0.4, 0.5) is 0 Å². The van der Waals surface area contributed by atoms with Crippen molar-refractivity contribution in [3.8, 4) is 22.7 Å². The first-order valence-corrected chi connectivity index (χ1v) is 6.22. The maximum absolute atomic E-state index is 5.25. The molecule has 2 aromatic heterocycles. The second kappa shape index (κ2) is 4.42. The highest BCUT2D eigenvalue weighted by Crippen LogP contribution is 2.26. The van der Waals surface area contributed by atoms with Gasteiger partial charge in [0.25, 0.3) is 0 Å². The van der Waals surface area contributed by atoms with Crippen molar-refractivity contribution < 1.29 is 4.42 Å². The van der Waals surface area contributed by atoms with E-state index in [-0.39, 0.29) is 0 Å². The molecule has 4 nitrogen and oxygen atoms in total. The van der Waals surface area contributed by atoms with Gasteiger partial charge in [0.15, 0.2) is 12.2 Å². The number of aryl methyl sites for hydroxylation is 1. The Morgan fingerprint density at radius 1 is 1.22 bits per heavy atom. The highest BCUT2D eigenvalue weighted by molar-refractivity contribution is 9.10. The second-order valence-corrected chi connectivity index (χ2v) is 4.83. The third kappa shape index (κ3) is 1.97. The predicted molar refractivity (Wildman–Crippen MR) is 71.8 cm³/mol. The van der Waals surface area contributed by atoms with Crippen LogP contribution in [0.2, 0.25) is 0 Å². The standard InChI is InChI=1S/C13H10BrN3O/c1-17-12(9-2-4-10(14)5-3-9)6-11(16-17)13-7-15-8-18-13/h2-8H,1H3. The lowest BCUT2D eigenvalue weighted by Gasteiger charge is -2.01. The SMILES string of the molecule is Cn1nc(-c2cnco2)cc1-c1ccc(Br)cc1. The summed E-state index contributed by atoms with van der Waals surface area (Å²) in [7, 11) is 1.91. The fraction of sp³-hybridized carbons (Fsp3) is 0.0769. The number of hydrogen-bond acceptors (Lipinski definition) is 3. The lowest BCUT2D eigenvalue weighted by Crippen LogP contribution is -1.93. The number of nitrogens with zero attached hydrogens (tertiary/aromatic N) is 3. The van der Waals surface area contributed by atoms with Gasteiger partial charge in [0, 0.05) is 11.5 Å². The van der Waals surface area contributed by atoms with Crippen molar-refractivity contribution >= 4 is 15.9 Å². The lowest BCUT2D eigenvalue weighted by molar-refractivity contribution is 0.568. The van der Waals surface area contributed by atoms with E-state index in [1.54, 1.807) is 6.20 Å². The van der Waals surface area contributed by atoms with Crippen LogP contribution in [-0.4, -0.2) is 14.8 Å². The van der Waals surface area contributed by atoms with Crippen LogP contribution in [0.3, 0.4) is 0 Å². The summed E-state index contributed by atoms with van der Waals surface area (Å²) in [6.07, 6.45) is 3.07. The second-order valence-electron chi connectivity index (χ2n) is 3.91. The molecule has 0 spiro atoms. The van der Waals surface area contributed by atoms with E-state index in [9.17, 15) is 0 Å². The minimum Gasteiger partial charge on any atom is -0.442 e. The molecule has 0 amide bonds. The number of benzene rings is 1. The van der Waals surface area contributed by atoms with Crippen LogP contribution in [0.5, 0.6) is 0 Å². The Bertz CT molecular complexity index is 656. The van der Waals surface area contributed by atoms with Crippen LogP contribution in [-0.2, 0) is 7.05 Å². The number of oxazole rings is 1. The molecule has 0 fully saturated rings. The zero-order chi connectivity index (χ0) is 12.5. The zero-order valence-corrected chi connectivity index (χ0v) is 11.3. The van der Waals surface area contributed by atoms with Crippen molar-refractivity contribution in [2.24, 2.45) is 7.05 Å². The number of hydrogen-bond donors (Lipinski definition) is 0. The molecule has 0 N–H and O–H groups in total. The number of aromatic nitrogens is 3. The molecule has 0 aliphatic heterocycles. The van der Waals surface area contributed by atoms with Gasteiger partial charge in [-0.25, -0.2) is 4.98 Å². The number of rotatable bonds is 2. The Balaban J connectivity index is 2.06. The molecule has 2 heterocycles. The van der Waals surface area contributed by atoms with Gasteiger partial charge in [0.2, 0.25) is 0 Å². The van der Waals surface area contributed by atoms with Gasteiger partial charge in [-0.1, -0.05) is 28.1 Å². The summed E-state index contributed by atoms with van der Waals surface area (Å²) in [4.78, 5) is 3.90. The molecule has 90 valence electrons. The summed E-state index contributed by atoms with van der Waals surface area (Å²) in [6.45, 7) is 0. The van der Waals surface area contributed by atoms with Gasteiger partial charge in [0.1, 0.15) is 5.69 Å². The van der Waals surface area contributed by atoms with Gasteiger partial charge >= 0.3 is 0 Å². The highest BCUT2D eigenvalue weighted by atomic mass is 79.9. The molecule has 3 aromatic rings. The summed E-state index contributed by atoms with van der Waals surface area (Å²) in [5, 5.41) is 4.42. The molecule has 0 saturated heterocycles. The van der Waals surface area contributed by atoms with Crippen molar-refractivity contribution in [2.45, 2.75) is 0 Å². The predicted octanol–water partition coefficient (Wildman–Crippen LogP) is 3.50. The van der Waals surface area contributed by atoms with Gasteiger partial charge in [-0.05, 0) is 23.8 Å². The Morgan fingerprint density at radius 3 is 2.67 bits per heavy atom. The monoisotopic (exact) mass is 303 g/mol. The van der Waals surface area contributed by atoms with E-state index in [0.29, 0.717) is 5.76 Å². The summed E-state index contributed by atoms with van der Waals surface area (Å²) in [5.41, 5.74) is 2.93. The minimum atomic E-state index is 0.675. The lowest BCUT2D eigenvalue weighted by atomic mass is 10.1. The van der Waals surface area contributed by atoms with Gasteiger partial charge < -0.3 is 4.42 Å². The van der Waals surface area contributed by atoms with Crippen LogP contribution in [0, 0.1) is 0 Å². The van der Waals surface area contributed by atoms with Gasteiger partial charge in [-0.3, -0.25) is 4.68 Å². The quantitative estimate of drug-likeness (QED) is 0.728.